The third-order valence-corrected chi connectivity index (χ3v) is 2.45. The number of amides is 1. The molecule has 0 unspecified atom stereocenters. The molecule has 0 radical (unpaired) electrons. The summed E-state index contributed by atoms with van der Waals surface area (Å²) in [7, 11) is 0. The Morgan fingerprint density at radius 1 is 1.21 bits per heavy atom. The van der Waals surface area contributed by atoms with Crippen molar-refractivity contribution in [2.24, 2.45) is 5.92 Å². The Bertz CT molecular complexity index is 498. The molecule has 0 aromatic heterocycles. The summed E-state index contributed by atoms with van der Waals surface area (Å²) in [5, 5.41) is 19.9. The number of carboxylic acid groups (broad SMARTS) is 2. The van der Waals surface area contributed by atoms with E-state index < -0.39 is 11.9 Å². The van der Waals surface area contributed by atoms with E-state index in [4.69, 9.17) is 10.2 Å². The van der Waals surface area contributed by atoms with Gasteiger partial charge in [0, 0.05) is 18.5 Å². The van der Waals surface area contributed by atoms with Crippen LogP contribution < -0.4 is 5.32 Å². The molecule has 1 amide bonds. The van der Waals surface area contributed by atoms with Crippen LogP contribution in [0.25, 0.3) is 0 Å². The highest BCUT2D eigenvalue weighted by Gasteiger charge is 2.13. The van der Waals surface area contributed by atoms with Crippen LogP contribution in [-0.4, -0.2) is 28.1 Å². The molecule has 1 aromatic carbocycles. The predicted molar refractivity (Wildman–Crippen MR) is 68.1 cm³/mol. The van der Waals surface area contributed by atoms with E-state index in [0.29, 0.717) is 5.69 Å². The van der Waals surface area contributed by atoms with E-state index in [1.807, 2.05) is 0 Å². The van der Waals surface area contributed by atoms with Gasteiger partial charge in [-0.1, -0.05) is 13.0 Å². The SMILES string of the molecule is C[C@@H](CC(=O)O)CC(=O)Nc1cccc(C(=O)O)c1. The number of carbonyl (C=O) groups excluding carboxylic acids is 1. The summed E-state index contributed by atoms with van der Waals surface area (Å²) in [4.78, 5) is 32.9. The fourth-order valence-corrected chi connectivity index (χ4v) is 1.63. The van der Waals surface area contributed by atoms with Crippen LogP contribution in [0.2, 0.25) is 0 Å². The number of carboxylic acids is 2. The lowest BCUT2D eigenvalue weighted by atomic mass is 10.0. The molecule has 19 heavy (non-hydrogen) atoms. The quantitative estimate of drug-likeness (QED) is 0.727. The highest BCUT2D eigenvalue weighted by atomic mass is 16.4. The summed E-state index contributed by atoms with van der Waals surface area (Å²) in [5.41, 5.74) is 0.462. The average Bonchev–Trinajstić information content (AvgIpc) is 2.27. The van der Waals surface area contributed by atoms with Crippen LogP contribution >= 0.6 is 0 Å². The normalized spacial score (nSPS) is 11.6. The predicted octanol–water partition coefficient (Wildman–Crippen LogP) is 1.82. The van der Waals surface area contributed by atoms with Crippen LogP contribution in [0, 0.1) is 5.92 Å². The maximum Gasteiger partial charge on any atom is 0.335 e. The van der Waals surface area contributed by atoms with Gasteiger partial charge in [0.25, 0.3) is 0 Å². The van der Waals surface area contributed by atoms with Gasteiger partial charge < -0.3 is 15.5 Å². The summed E-state index contributed by atoms with van der Waals surface area (Å²) >= 11 is 0. The van der Waals surface area contributed by atoms with E-state index in [1.165, 1.54) is 18.2 Å². The van der Waals surface area contributed by atoms with Gasteiger partial charge in [-0.3, -0.25) is 9.59 Å². The molecule has 0 bridgehead atoms. The molecule has 1 aromatic rings. The Morgan fingerprint density at radius 3 is 2.47 bits per heavy atom. The van der Waals surface area contributed by atoms with Gasteiger partial charge in [-0.25, -0.2) is 4.79 Å². The number of benzene rings is 1. The number of hydrogen-bond donors (Lipinski definition) is 3. The lowest BCUT2D eigenvalue weighted by Gasteiger charge is -2.09. The van der Waals surface area contributed by atoms with Gasteiger partial charge in [-0.15, -0.1) is 0 Å². The Morgan fingerprint density at radius 2 is 1.89 bits per heavy atom. The van der Waals surface area contributed by atoms with Crippen LogP contribution in [0.1, 0.15) is 30.1 Å². The molecule has 0 aliphatic carbocycles. The summed E-state index contributed by atoms with van der Waals surface area (Å²) in [6, 6.07) is 5.87. The van der Waals surface area contributed by atoms with E-state index >= 15 is 0 Å². The number of carbonyl (C=O) groups is 3. The van der Waals surface area contributed by atoms with Crippen molar-refractivity contribution in [2.75, 3.05) is 5.32 Å². The minimum absolute atomic E-state index is 0.0730. The van der Waals surface area contributed by atoms with Gasteiger partial charge in [0.2, 0.25) is 5.91 Å². The minimum atomic E-state index is -1.07. The molecule has 1 atom stereocenters. The molecule has 0 heterocycles. The Kier molecular flexibility index (Phi) is 5.05. The maximum absolute atomic E-state index is 11.6. The second-order valence-corrected chi connectivity index (χ2v) is 4.34. The zero-order valence-corrected chi connectivity index (χ0v) is 10.4. The monoisotopic (exact) mass is 265 g/mol. The Balaban J connectivity index is 2.59. The molecule has 0 aliphatic heterocycles. The van der Waals surface area contributed by atoms with Crippen LogP contribution in [0.15, 0.2) is 24.3 Å². The molecular formula is C13H15NO5. The third-order valence-electron chi connectivity index (χ3n) is 2.45. The molecule has 0 saturated carbocycles. The van der Waals surface area contributed by atoms with Gasteiger partial charge in [0.05, 0.1) is 5.56 Å². The second kappa shape index (κ2) is 6.53. The lowest BCUT2D eigenvalue weighted by Crippen LogP contribution is -2.17. The van der Waals surface area contributed by atoms with E-state index in [0.717, 1.165) is 0 Å². The van der Waals surface area contributed by atoms with Crippen LogP contribution in [-0.2, 0) is 9.59 Å². The molecule has 6 heteroatoms. The molecule has 0 fully saturated rings. The first-order valence-corrected chi connectivity index (χ1v) is 5.73. The molecule has 6 nitrogen and oxygen atoms in total. The van der Waals surface area contributed by atoms with Crippen molar-refractivity contribution in [1.29, 1.82) is 0 Å². The first kappa shape index (κ1) is 14.7. The van der Waals surface area contributed by atoms with Gasteiger partial charge in [0.1, 0.15) is 0 Å². The van der Waals surface area contributed by atoms with Crippen molar-refractivity contribution in [3.8, 4) is 0 Å². The number of hydrogen-bond acceptors (Lipinski definition) is 3. The highest BCUT2D eigenvalue weighted by Crippen LogP contribution is 2.13. The Hall–Kier alpha value is -2.37. The minimum Gasteiger partial charge on any atom is -0.481 e. The smallest absolute Gasteiger partial charge is 0.335 e. The number of aromatic carboxylic acids is 1. The van der Waals surface area contributed by atoms with Gasteiger partial charge in [-0.05, 0) is 24.1 Å². The molecule has 102 valence electrons. The Labute approximate surface area is 110 Å². The molecular weight excluding hydrogens is 250 g/mol. The summed E-state index contributed by atoms with van der Waals surface area (Å²) in [5.74, 6) is -2.64. The molecule has 0 spiro atoms. The average molecular weight is 265 g/mol. The van der Waals surface area contributed by atoms with E-state index in [1.54, 1.807) is 13.0 Å². The number of anilines is 1. The summed E-state index contributed by atoms with van der Waals surface area (Å²) < 4.78 is 0. The van der Waals surface area contributed by atoms with Gasteiger partial charge in [-0.2, -0.15) is 0 Å². The largest absolute Gasteiger partial charge is 0.481 e. The first-order chi connectivity index (χ1) is 8.88. The van der Waals surface area contributed by atoms with Crippen molar-refractivity contribution < 1.29 is 24.6 Å². The van der Waals surface area contributed by atoms with Crippen molar-refractivity contribution >= 4 is 23.5 Å². The van der Waals surface area contributed by atoms with Crippen LogP contribution in [0.5, 0.6) is 0 Å². The van der Waals surface area contributed by atoms with Gasteiger partial charge in [0.15, 0.2) is 0 Å². The fourth-order valence-electron chi connectivity index (χ4n) is 1.63. The molecule has 3 N–H and O–H groups in total. The molecule has 1 rings (SSSR count). The van der Waals surface area contributed by atoms with Crippen molar-refractivity contribution in [3.05, 3.63) is 29.8 Å². The van der Waals surface area contributed by atoms with Crippen molar-refractivity contribution in [3.63, 3.8) is 0 Å². The van der Waals surface area contributed by atoms with Crippen molar-refractivity contribution in [2.45, 2.75) is 19.8 Å². The fraction of sp³-hybridized carbons (Fsp3) is 0.308. The topological polar surface area (TPSA) is 104 Å². The number of aliphatic carboxylic acids is 1. The van der Waals surface area contributed by atoms with Gasteiger partial charge >= 0.3 is 11.9 Å². The van der Waals surface area contributed by atoms with Crippen molar-refractivity contribution in [1.82, 2.24) is 0 Å². The van der Waals surface area contributed by atoms with E-state index in [-0.39, 0.29) is 30.2 Å². The van der Waals surface area contributed by atoms with E-state index in [2.05, 4.69) is 5.32 Å². The molecule has 0 aliphatic rings. The number of rotatable bonds is 6. The molecule has 0 saturated heterocycles. The zero-order valence-electron chi connectivity index (χ0n) is 10.4. The highest BCUT2D eigenvalue weighted by molar-refractivity contribution is 5.94. The summed E-state index contributed by atoms with van der Waals surface area (Å²) in [6.45, 7) is 1.67. The number of nitrogens with one attached hydrogen (secondary N) is 1. The zero-order chi connectivity index (χ0) is 14.4. The van der Waals surface area contributed by atoms with Crippen LogP contribution in [0.4, 0.5) is 5.69 Å². The lowest BCUT2D eigenvalue weighted by molar-refractivity contribution is -0.138. The second-order valence-electron chi connectivity index (χ2n) is 4.34. The first-order valence-electron chi connectivity index (χ1n) is 5.73. The van der Waals surface area contributed by atoms with E-state index in [9.17, 15) is 14.4 Å². The summed E-state index contributed by atoms with van der Waals surface area (Å²) in [6.07, 6.45) is -0.00775. The standard InChI is InChI=1S/C13H15NO5/c1-8(6-12(16)17)5-11(15)14-10-4-2-3-9(7-10)13(18)19/h2-4,7-8H,5-6H2,1H3,(H,14,15)(H,16,17)(H,18,19)/t8-/m1/s1. The van der Waals surface area contributed by atoms with Crippen LogP contribution in [0.3, 0.4) is 0 Å². The third kappa shape index (κ3) is 5.20. The maximum atomic E-state index is 11.6.